The quantitative estimate of drug-likeness (QED) is 0.357. The van der Waals surface area contributed by atoms with Gasteiger partial charge in [0.25, 0.3) is 0 Å². The van der Waals surface area contributed by atoms with Crippen molar-refractivity contribution in [2.75, 3.05) is 0 Å². The summed E-state index contributed by atoms with van der Waals surface area (Å²) in [5, 5.41) is 19.2. The first-order chi connectivity index (χ1) is 19.3. The van der Waals surface area contributed by atoms with E-state index in [2.05, 4.69) is 16.0 Å². The maximum Gasteiger partial charge on any atom is 0.249 e. The summed E-state index contributed by atoms with van der Waals surface area (Å²) in [4.78, 5) is 40.1. The number of hydrogen-bond donors (Lipinski definition) is 4. The van der Waals surface area contributed by atoms with Crippen molar-refractivity contribution in [3.8, 4) is 5.75 Å². The molecule has 0 spiro atoms. The molecule has 0 fully saturated rings. The van der Waals surface area contributed by atoms with Crippen LogP contribution in [0.5, 0.6) is 5.75 Å². The molecule has 8 nitrogen and oxygen atoms in total. The van der Waals surface area contributed by atoms with Gasteiger partial charge in [0.1, 0.15) is 30.0 Å². The van der Waals surface area contributed by atoms with E-state index >= 15 is 0 Å². The first-order valence-electron chi connectivity index (χ1n) is 13.1. The standard InChI is InChI=1S/C32H33N3O5/c1-21(2)30-28(34-26(36)18-15-22-9-5-3-6-10-22)32(39)35-27(29(37)24-11-7-4-8-12-24)31(38)33-20-19-23-13-16-25(40-30)17-14-23/h3-21,27-30,37H,1-2H3,(H,33,38)(H,34,36)(H,35,39)/b18-15+,20-19-/t27-,28-,29+,30-/m0/s1. The highest BCUT2D eigenvalue weighted by atomic mass is 16.5. The number of nitrogens with one attached hydrogen (secondary N) is 3. The monoisotopic (exact) mass is 539 g/mol. The minimum absolute atomic E-state index is 0.215. The molecule has 3 amide bonds. The molecule has 2 heterocycles. The van der Waals surface area contributed by atoms with Crippen LogP contribution in [0.25, 0.3) is 12.2 Å². The van der Waals surface area contributed by atoms with Crippen LogP contribution in [0, 0.1) is 5.92 Å². The third kappa shape index (κ3) is 7.45. The van der Waals surface area contributed by atoms with E-state index in [-0.39, 0.29) is 5.92 Å². The van der Waals surface area contributed by atoms with E-state index in [1.54, 1.807) is 54.6 Å². The number of aliphatic hydroxyl groups is 1. The Balaban J connectivity index is 1.69. The van der Waals surface area contributed by atoms with Crippen LogP contribution < -0.4 is 20.7 Å². The van der Waals surface area contributed by atoms with Crippen molar-refractivity contribution >= 4 is 29.9 Å². The van der Waals surface area contributed by atoms with E-state index in [0.29, 0.717) is 11.3 Å². The number of rotatable bonds is 6. The smallest absolute Gasteiger partial charge is 0.249 e. The van der Waals surface area contributed by atoms with E-state index in [1.807, 2.05) is 56.3 Å². The lowest BCUT2D eigenvalue weighted by Gasteiger charge is -2.32. The second kappa shape index (κ2) is 13.4. The minimum Gasteiger partial charge on any atom is -0.487 e. The first kappa shape index (κ1) is 28.3. The molecule has 2 bridgehead atoms. The molecule has 0 radical (unpaired) electrons. The largest absolute Gasteiger partial charge is 0.487 e. The van der Waals surface area contributed by atoms with Gasteiger partial charge in [-0.15, -0.1) is 0 Å². The van der Waals surface area contributed by atoms with Crippen molar-refractivity contribution in [3.63, 3.8) is 0 Å². The van der Waals surface area contributed by atoms with Crippen molar-refractivity contribution in [3.05, 3.63) is 114 Å². The molecular weight excluding hydrogens is 506 g/mol. The van der Waals surface area contributed by atoms with Crippen molar-refractivity contribution in [1.82, 2.24) is 16.0 Å². The molecular formula is C32H33N3O5. The molecule has 0 unspecified atom stereocenters. The minimum atomic E-state index is -1.35. The Morgan fingerprint density at radius 2 is 1.57 bits per heavy atom. The van der Waals surface area contributed by atoms with Crippen molar-refractivity contribution in [2.24, 2.45) is 5.92 Å². The molecule has 40 heavy (non-hydrogen) atoms. The number of ether oxygens (including phenoxy) is 1. The van der Waals surface area contributed by atoms with Gasteiger partial charge in [0.2, 0.25) is 17.7 Å². The lowest BCUT2D eigenvalue weighted by molar-refractivity contribution is -0.135. The Hall–Kier alpha value is -4.69. The predicted octanol–water partition coefficient (Wildman–Crippen LogP) is 3.61. The second-order valence-corrected chi connectivity index (χ2v) is 9.81. The number of fused-ring (bicyclic) bond motifs is 10. The zero-order chi connectivity index (χ0) is 28.5. The van der Waals surface area contributed by atoms with Crippen LogP contribution in [0.2, 0.25) is 0 Å². The number of carbonyl (C=O) groups is 3. The maximum atomic E-state index is 13.8. The van der Waals surface area contributed by atoms with Crippen LogP contribution in [-0.4, -0.2) is 41.0 Å². The molecule has 0 aliphatic carbocycles. The van der Waals surface area contributed by atoms with Crippen LogP contribution in [-0.2, 0) is 14.4 Å². The molecule has 4 N–H and O–H groups in total. The lowest BCUT2D eigenvalue weighted by Crippen LogP contribution is -2.60. The highest BCUT2D eigenvalue weighted by Gasteiger charge is 2.38. The Kier molecular flexibility index (Phi) is 9.48. The average Bonchev–Trinajstić information content (AvgIpc) is 2.97. The van der Waals surface area contributed by atoms with Crippen molar-refractivity contribution in [1.29, 1.82) is 0 Å². The van der Waals surface area contributed by atoms with E-state index in [4.69, 9.17) is 4.74 Å². The molecule has 3 aromatic rings. The van der Waals surface area contributed by atoms with Gasteiger partial charge in [0.15, 0.2) is 0 Å². The summed E-state index contributed by atoms with van der Waals surface area (Å²) in [6, 6.07) is 22.5. The van der Waals surface area contributed by atoms with Gasteiger partial charge in [-0.3, -0.25) is 14.4 Å². The molecule has 2 aliphatic heterocycles. The number of hydrogen-bond acceptors (Lipinski definition) is 5. The molecule has 0 saturated heterocycles. The molecule has 4 atom stereocenters. The van der Waals surface area contributed by atoms with Crippen LogP contribution in [0.3, 0.4) is 0 Å². The molecule has 0 saturated carbocycles. The van der Waals surface area contributed by atoms with Crippen LogP contribution >= 0.6 is 0 Å². The van der Waals surface area contributed by atoms with E-state index in [1.165, 1.54) is 12.3 Å². The molecule has 5 rings (SSSR count). The van der Waals surface area contributed by atoms with Crippen molar-refractivity contribution in [2.45, 2.75) is 38.1 Å². The predicted molar refractivity (Wildman–Crippen MR) is 154 cm³/mol. The number of benzene rings is 3. The van der Waals surface area contributed by atoms with E-state index < -0.39 is 42.0 Å². The van der Waals surface area contributed by atoms with Gasteiger partial charge in [0, 0.05) is 12.3 Å². The van der Waals surface area contributed by atoms with Gasteiger partial charge in [0.05, 0.1) is 0 Å². The summed E-state index contributed by atoms with van der Waals surface area (Å²) in [5.41, 5.74) is 2.08. The summed E-state index contributed by atoms with van der Waals surface area (Å²) in [5.74, 6) is -1.50. The zero-order valence-corrected chi connectivity index (χ0v) is 22.4. The van der Waals surface area contributed by atoms with Gasteiger partial charge in [-0.05, 0) is 46.9 Å². The summed E-state index contributed by atoms with van der Waals surface area (Å²) >= 11 is 0. The Labute approximate surface area is 233 Å². The third-order valence-corrected chi connectivity index (χ3v) is 6.48. The molecule has 0 aromatic heterocycles. The lowest BCUT2D eigenvalue weighted by atomic mass is 9.96. The van der Waals surface area contributed by atoms with Crippen LogP contribution in [0.15, 0.2) is 97.2 Å². The van der Waals surface area contributed by atoms with Crippen molar-refractivity contribution < 1.29 is 24.2 Å². The number of amides is 3. The normalized spacial score (nSPS) is 21.1. The van der Waals surface area contributed by atoms with Crippen LogP contribution in [0.4, 0.5) is 0 Å². The highest BCUT2D eigenvalue weighted by Crippen LogP contribution is 2.22. The molecule has 206 valence electrons. The van der Waals surface area contributed by atoms with Gasteiger partial charge >= 0.3 is 0 Å². The van der Waals surface area contributed by atoms with Gasteiger partial charge < -0.3 is 25.8 Å². The molecule has 2 aliphatic rings. The topological polar surface area (TPSA) is 117 Å². The summed E-state index contributed by atoms with van der Waals surface area (Å²) in [6.45, 7) is 3.75. The summed E-state index contributed by atoms with van der Waals surface area (Å²) in [6.07, 6.45) is 3.98. The van der Waals surface area contributed by atoms with Gasteiger partial charge in [-0.25, -0.2) is 0 Å². The van der Waals surface area contributed by atoms with Crippen LogP contribution in [0.1, 0.15) is 36.6 Å². The van der Waals surface area contributed by atoms with E-state index in [0.717, 1.165) is 11.1 Å². The Bertz CT molecular complexity index is 1350. The highest BCUT2D eigenvalue weighted by molar-refractivity contribution is 5.97. The second-order valence-electron chi connectivity index (χ2n) is 9.81. The molecule has 3 aromatic carbocycles. The Morgan fingerprint density at radius 3 is 2.23 bits per heavy atom. The van der Waals surface area contributed by atoms with E-state index in [9.17, 15) is 19.5 Å². The zero-order valence-electron chi connectivity index (χ0n) is 22.4. The SMILES string of the molecule is CC(C)[C@@H]1Oc2ccc(cc2)/C=C\NC(=O)[C@H]([C@H](O)c2ccccc2)NC(=O)[C@H]1NC(=O)/C=C/c1ccccc1. The molecule has 8 heteroatoms. The summed E-state index contributed by atoms with van der Waals surface area (Å²) < 4.78 is 6.24. The average molecular weight is 540 g/mol. The number of aliphatic hydroxyl groups excluding tert-OH is 1. The summed E-state index contributed by atoms with van der Waals surface area (Å²) in [7, 11) is 0. The third-order valence-electron chi connectivity index (χ3n) is 6.48. The maximum absolute atomic E-state index is 13.8. The fourth-order valence-electron chi connectivity index (χ4n) is 4.32. The first-order valence-corrected chi connectivity index (χ1v) is 13.1. The van der Waals surface area contributed by atoms with Gasteiger partial charge in [-0.1, -0.05) is 86.6 Å². The fourth-order valence-corrected chi connectivity index (χ4v) is 4.32. The van der Waals surface area contributed by atoms with Gasteiger partial charge in [-0.2, -0.15) is 0 Å². The number of carbonyl (C=O) groups excluding carboxylic acids is 3. The fraction of sp³-hybridized carbons (Fsp3) is 0.219. The Morgan fingerprint density at radius 1 is 0.925 bits per heavy atom.